The second-order valence-electron chi connectivity index (χ2n) is 8.30. The zero-order chi connectivity index (χ0) is 22.2. The number of hydrogen-bond donors (Lipinski definition) is 0. The van der Waals surface area contributed by atoms with Gasteiger partial charge < -0.3 is 23.4 Å². The van der Waals surface area contributed by atoms with Crippen LogP contribution in [0, 0.1) is 6.92 Å². The molecule has 2 aliphatic rings. The van der Waals surface area contributed by atoms with Crippen molar-refractivity contribution in [2.75, 3.05) is 34.1 Å². The molecule has 1 saturated heterocycles. The molecule has 0 amide bonds. The van der Waals surface area contributed by atoms with Gasteiger partial charge in [-0.1, -0.05) is 6.07 Å². The Hall–Kier alpha value is -3.03. The van der Waals surface area contributed by atoms with E-state index in [0.29, 0.717) is 35.9 Å². The molecule has 1 atom stereocenters. The summed E-state index contributed by atoms with van der Waals surface area (Å²) < 4.78 is 28.4. The number of methoxy groups -OCH3 is 2. The lowest BCUT2D eigenvalue weighted by Crippen LogP contribution is -2.37. The van der Waals surface area contributed by atoms with Crippen LogP contribution in [0.4, 0.5) is 0 Å². The summed E-state index contributed by atoms with van der Waals surface area (Å²) in [4.78, 5) is 15.3. The molecule has 168 valence electrons. The molecule has 3 heterocycles. The Morgan fingerprint density at radius 3 is 2.72 bits per heavy atom. The lowest BCUT2D eigenvalue weighted by Gasteiger charge is -2.30. The van der Waals surface area contributed by atoms with Crippen LogP contribution < -0.4 is 19.8 Å². The molecule has 2 aliphatic heterocycles. The Kier molecular flexibility index (Phi) is 5.53. The highest BCUT2D eigenvalue weighted by Gasteiger charge is 2.27. The quantitative estimate of drug-likeness (QED) is 0.556. The minimum absolute atomic E-state index is 0.237. The molecule has 2 aromatic carbocycles. The Bertz CT molecular complexity index is 1210. The lowest BCUT2D eigenvalue weighted by atomic mass is 9.97. The first-order valence-electron chi connectivity index (χ1n) is 10.9. The molecule has 0 spiro atoms. The van der Waals surface area contributed by atoms with Crippen molar-refractivity contribution in [3.63, 3.8) is 0 Å². The molecule has 32 heavy (non-hydrogen) atoms. The maximum absolute atomic E-state index is 13.1. The molecule has 0 radical (unpaired) electrons. The molecule has 3 aromatic rings. The standard InChI is InChI=1S/C25H27NO6/c1-15-18-7-9-20-19(13-26(14-31-20)12-17-5-4-10-30-17)24(18)32-25(27)23(15)16-6-8-21(28-2)22(11-16)29-3/h6-9,11,17H,4-5,10,12-14H2,1-3H3. The van der Waals surface area contributed by atoms with Crippen molar-refractivity contribution in [3.05, 3.63) is 51.9 Å². The van der Waals surface area contributed by atoms with Gasteiger partial charge in [-0.25, -0.2) is 4.79 Å². The topological polar surface area (TPSA) is 70.4 Å². The molecule has 0 N–H and O–H groups in total. The Morgan fingerprint density at radius 1 is 1.12 bits per heavy atom. The number of aryl methyl sites for hydroxylation is 1. The van der Waals surface area contributed by atoms with E-state index >= 15 is 0 Å². The van der Waals surface area contributed by atoms with Gasteiger partial charge in [0.05, 0.1) is 31.5 Å². The summed E-state index contributed by atoms with van der Waals surface area (Å²) in [5.41, 5.74) is 3.22. The number of rotatable bonds is 5. The van der Waals surface area contributed by atoms with Crippen molar-refractivity contribution < 1.29 is 23.4 Å². The van der Waals surface area contributed by atoms with Gasteiger partial charge in [-0.3, -0.25) is 4.90 Å². The minimum Gasteiger partial charge on any atom is -0.493 e. The van der Waals surface area contributed by atoms with Gasteiger partial charge in [-0.05, 0) is 55.2 Å². The van der Waals surface area contributed by atoms with Crippen LogP contribution in [0.1, 0.15) is 24.0 Å². The first-order chi connectivity index (χ1) is 15.6. The van der Waals surface area contributed by atoms with Crippen molar-refractivity contribution >= 4 is 11.0 Å². The van der Waals surface area contributed by atoms with Crippen LogP contribution in [-0.4, -0.2) is 45.1 Å². The molecule has 1 fully saturated rings. The Balaban J connectivity index is 1.56. The summed E-state index contributed by atoms with van der Waals surface area (Å²) in [5, 5.41) is 0.899. The van der Waals surface area contributed by atoms with Gasteiger partial charge in [-0.2, -0.15) is 0 Å². The molecule has 0 aliphatic carbocycles. The lowest BCUT2D eigenvalue weighted by molar-refractivity contribution is 0.0281. The predicted molar refractivity (Wildman–Crippen MR) is 121 cm³/mol. The van der Waals surface area contributed by atoms with E-state index in [1.165, 1.54) is 0 Å². The van der Waals surface area contributed by atoms with Crippen LogP contribution in [0.25, 0.3) is 22.1 Å². The second-order valence-corrected chi connectivity index (χ2v) is 8.30. The largest absolute Gasteiger partial charge is 0.493 e. The third-order valence-electron chi connectivity index (χ3n) is 6.34. The number of nitrogens with zero attached hydrogens (tertiary/aromatic N) is 1. The van der Waals surface area contributed by atoms with Crippen LogP contribution in [0.15, 0.2) is 39.5 Å². The van der Waals surface area contributed by atoms with E-state index in [2.05, 4.69) is 4.90 Å². The highest BCUT2D eigenvalue weighted by molar-refractivity contribution is 5.90. The Labute approximate surface area is 186 Å². The number of benzene rings is 2. The van der Waals surface area contributed by atoms with E-state index in [9.17, 15) is 4.79 Å². The molecule has 7 nitrogen and oxygen atoms in total. The van der Waals surface area contributed by atoms with E-state index in [1.807, 2.05) is 25.1 Å². The molecule has 0 saturated carbocycles. The van der Waals surface area contributed by atoms with Crippen molar-refractivity contribution in [1.82, 2.24) is 4.90 Å². The van der Waals surface area contributed by atoms with Gasteiger partial charge in [0.2, 0.25) is 0 Å². The fraction of sp³-hybridized carbons (Fsp3) is 0.400. The van der Waals surface area contributed by atoms with Crippen LogP contribution in [-0.2, 0) is 11.3 Å². The van der Waals surface area contributed by atoms with Crippen molar-refractivity contribution in [2.45, 2.75) is 32.4 Å². The summed E-state index contributed by atoms with van der Waals surface area (Å²) in [6.45, 7) is 4.75. The molecule has 7 heteroatoms. The van der Waals surface area contributed by atoms with Gasteiger partial charge in [0.25, 0.3) is 0 Å². The first-order valence-corrected chi connectivity index (χ1v) is 10.9. The zero-order valence-corrected chi connectivity index (χ0v) is 18.6. The molecule has 5 rings (SSSR count). The molecule has 0 bridgehead atoms. The maximum Gasteiger partial charge on any atom is 0.344 e. The highest BCUT2D eigenvalue weighted by Crippen LogP contribution is 2.37. The molecule has 1 aromatic heterocycles. The normalized spacial score (nSPS) is 18.4. The van der Waals surface area contributed by atoms with E-state index in [-0.39, 0.29) is 11.7 Å². The van der Waals surface area contributed by atoms with Crippen LogP contribution in [0.3, 0.4) is 0 Å². The van der Waals surface area contributed by atoms with Crippen molar-refractivity contribution in [3.8, 4) is 28.4 Å². The summed E-state index contributed by atoms with van der Waals surface area (Å²) in [6.07, 6.45) is 2.41. The summed E-state index contributed by atoms with van der Waals surface area (Å²) in [6, 6.07) is 9.37. The monoisotopic (exact) mass is 437 g/mol. The van der Waals surface area contributed by atoms with Crippen molar-refractivity contribution in [2.24, 2.45) is 0 Å². The van der Waals surface area contributed by atoms with Crippen LogP contribution in [0.5, 0.6) is 17.2 Å². The Morgan fingerprint density at radius 2 is 1.97 bits per heavy atom. The average Bonchev–Trinajstić information content (AvgIpc) is 3.32. The second kappa shape index (κ2) is 8.48. The van der Waals surface area contributed by atoms with Gasteiger partial charge >= 0.3 is 5.63 Å². The van der Waals surface area contributed by atoms with E-state index in [4.69, 9.17) is 23.4 Å². The average molecular weight is 437 g/mol. The number of hydrogen-bond acceptors (Lipinski definition) is 7. The minimum atomic E-state index is -0.383. The van der Waals surface area contributed by atoms with Gasteiger partial charge in [0.1, 0.15) is 18.1 Å². The van der Waals surface area contributed by atoms with Gasteiger partial charge in [0.15, 0.2) is 11.5 Å². The fourth-order valence-electron chi connectivity index (χ4n) is 4.69. The predicted octanol–water partition coefficient (Wildman–Crippen LogP) is 4.12. The van der Waals surface area contributed by atoms with Gasteiger partial charge in [-0.15, -0.1) is 0 Å². The zero-order valence-electron chi connectivity index (χ0n) is 18.6. The van der Waals surface area contributed by atoms with Gasteiger partial charge in [0, 0.05) is 25.1 Å². The van der Waals surface area contributed by atoms with Crippen molar-refractivity contribution in [1.29, 1.82) is 0 Å². The number of fused-ring (bicyclic) bond motifs is 3. The third kappa shape index (κ3) is 3.61. The van der Waals surface area contributed by atoms with Crippen LogP contribution >= 0.6 is 0 Å². The SMILES string of the molecule is COc1ccc(-c2c(C)c3ccc4c(c3oc2=O)CN(CC2CCCO2)CO4)cc1OC. The fourth-order valence-corrected chi connectivity index (χ4v) is 4.69. The first kappa shape index (κ1) is 20.8. The van der Waals surface area contributed by atoms with Crippen LogP contribution in [0.2, 0.25) is 0 Å². The molecular weight excluding hydrogens is 410 g/mol. The summed E-state index contributed by atoms with van der Waals surface area (Å²) in [5.74, 6) is 1.94. The highest BCUT2D eigenvalue weighted by atomic mass is 16.5. The molecular formula is C25H27NO6. The van der Waals surface area contributed by atoms with E-state index in [1.54, 1.807) is 26.4 Å². The summed E-state index contributed by atoms with van der Waals surface area (Å²) >= 11 is 0. The van der Waals surface area contributed by atoms with E-state index < -0.39 is 0 Å². The third-order valence-corrected chi connectivity index (χ3v) is 6.34. The smallest absolute Gasteiger partial charge is 0.344 e. The molecule has 1 unspecified atom stereocenters. The number of ether oxygens (including phenoxy) is 4. The summed E-state index contributed by atoms with van der Waals surface area (Å²) in [7, 11) is 3.16. The van der Waals surface area contributed by atoms with E-state index in [0.717, 1.165) is 53.8 Å². The maximum atomic E-state index is 13.1.